The third-order valence-corrected chi connectivity index (χ3v) is 3.27. The maximum Gasteiger partial charge on any atom is 0.313 e. The summed E-state index contributed by atoms with van der Waals surface area (Å²) in [6.07, 6.45) is 0. The molecule has 0 fully saturated rings. The first-order chi connectivity index (χ1) is 9.31. The summed E-state index contributed by atoms with van der Waals surface area (Å²) in [4.78, 5) is 29.4. The lowest BCUT2D eigenvalue weighted by molar-refractivity contribution is -0.165. The minimum absolute atomic E-state index is 0.424. The van der Waals surface area contributed by atoms with Crippen LogP contribution in [0, 0.1) is 0 Å². The first-order valence-electron chi connectivity index (χ1n) is 8.00. The van der Waals surface area contributed by atoms with Crippen LogP contribution in [-0.2, 0) is 9.59 Å². The van der Waals surface area contributed by atoms with E-state index in [1.807, 2.05) is 83.1 Å². The predicted octanol–water partition coefficient (Wildman–Crippen LogP) is 3.84. The fourth-order valence-electron chi connectivity index (χ4n) is 3.42. The minimum Gasteiger partial charge on any atom is -0.325 e. The van der Waals surface area contributed by atoms with Gasteiger partial charge in [-0.05, 0) is 83.1 Å². The number of amides is 2. The third-order valence-electron chi connectivity index (χ3n) is 3.27. The smallest absolute Gasteiger partial charge is 0.313 e. The quantitative estimate of drug-likeness (QED) is 0.638. The summed E-state index contributed by atoms with van der Waals surface area (Å²) in [5.41, 5.74) is -1.70. The summed E-state index contributed by atoms with van der Waals surface area (Å²) in [6, 6.07) is 0. The normalized spacial score (nSPS) is 13.8. The molecule has 0 saturated carbocycles. The molecule has 0 aliphatic heterocycles. The summed E-state index contributed by atoms with van der Waals surface area (Å²) in [5.74, 6) is -0.880. The van der Waals surface area contributed by atoms with E-state index < -0.39 is 34.0 Å². The van der Waals surface area contributed by atoms with E-state index in [0.29, 0.717) is 0 Å². The molecule has 0 aromatic carbocycles. The summed E-state index contributed by atoms with van der Waals surface area (Å²) < 4.78 is 0. The zero-order valence-electron chi connectivity index (χ0n) is 16.7. The van der Waals surface area contributed by atoms with Gasteiger partial charge in [0.15, 0.2) is 0 Å². The molecule has 0 atom stereocenters. The van der Waals surface area contributed by atoms with Crippen molar-refractivity contribution in [3.63, 3.8) is 0 Å². The molecule has 0 spiro atoms. The van der Waals surface area contributed by atoms with Crippen molar-refractivity contribution in [1.82, 2.24) is 9.80 Å². The Balaban J connectivity index is 5.91. The Morgan fingerprint density at radius 1 is 0.455 bits per heavy atom. The van der Waals surface area contributed by atoms with Crippen LogP contribution in [0.15, 0.2) is 0 Å². The lowest BCUT2D eigenvalue weighted by Gasteiger charge is -2.49. The lowest BCUT2D eigenvalue weighted by atomic mass is 9.93. The van der Waals surface area contributed by atoms with Gasteiger partial charge in [0.2, 0.25) is 0 Å². The van der Waals surface area contributed by atoms with Gasteiger partial charge in [-0.25, -0.2) is 0 Å². The van der Waals surface area contributed by atoms with E-state index in [4.69, 9.17) is 0 Å². The molecule has 2 amide bonds. The molecule has 4 heteroatoms. The van der Waals surface area contributed by atoms with Crippen LogP contribution in [0.25, 0.3) is 0 Å². The van der Waals surface area contributed by atoms with Crippen LogP contribution >= 0.6 is 0 Å². The molecular weight excluding hydrogens is 276 g/mol. The largest absolute Gasteiger partial charge is 0.325 e. The van der Waals surface area contributed by atoms with Gasteiger partial charge in [0, 0.05) is 22.2 Å². The number of carbonyl (C=O) groups excluding carboxylic acids is 2. The molecule has 0 aliphatic carbocycles. The number of carbonyl (C=O) groups is 2. The van der Waals surface area contributed by atoms with Crippen LogP contribution in [0.3, 0.4) is 0 Å². The van der Waals surface area contributed by atoms with E-state index in [0.717, 1.165) is 0 Å². The van der Waals surface area contributed by atoms with Gasteiger partial charge < -0.3 is 9.80 Å². The highest BCUT2D eigenvalue weighted by Gasteiger charge is 2.45. The van der Waals surface area contributed by atoms with Gasteiger partial charge in [0.05, 0.1) is 0 Å². The Bertz CT molecular complexity index is 356. The second-order valence-corrected chi connectivity index (χ2v) is 9.96. The van der Waals surface area contributed by atoms with Crippen LogP contribution in [0.5, 0.6) is 0 Å². The van der Waals surface area contributed by atoms with Crippen molar-refractivity contribution in [3.05, 3.63) is 0 Å². The third kappa shape index (κ3) is 4.99. The Morgan fingerprint density at radius 3 is 0.682 bits per heavy atom. The molecule has 0 aliphatic rings. The number of hydrogen-bond acceptors (Lipinski definition) is 2. The van der Waals surface area contributed by atoms with Gasteiger partial charge in [0.1, 0.15) is 0 Å². The number of hydrogen-bond donors (Lipinski definition) is 0. The van der Waals surface area contributed by atoms with Crippen LogP contribution in [-0.4, -0.2) is 43.8 Å². The first-order valence-corrected chi connectivity index (χ1v) is 8.00. The standard InChI is InChI=1S/C18H36N2O2/c1-15(2,3)19(16(4,5)6)13(21)14(22)20(17(7,8)9)18(10,11)12/h1-12H3. The highest BCUT2D eigenvalue weighted by atomic mass is 16.2. The molecule has 0 bridgehead atoms. The predicted molar refractivity (Wildman–Crippen MR) is 92.7 cm³/mol. The maximum atomic E-state index is 13.0. The second kappa shape index (κ2) is 5.86. The summed E-state index contributed by atoms with van der Waals surface area (Å²) in [6.45, 7) is 23.5. The molecule has 130 valence electrons. The van der Waals surface area contributed by atoms with E-state index >= 15 is 0 Å². The summed E-state index contributed by atoms with van der Waals surface area (Å²) in [5, 5.41) is 0. The van der Waals surface area contributed by atoms with E-state index in [9.17, 15) is 9.59 Å². The average Bonchev–Trinajstić information content (AvgIpc) is 2.06. The van der Waals surface area contributed by atoms with E-state index in [2.05, 4.69) is 0 Å². The molecular formula is C18H36N2O2. The van der Waals surface area contributed by atoms with Crippen molar-refractivity contribution < 1.29 is 9.59 Å². The molecule has 22 heavy (non-hydrogen) atoms. The molecule has 0 heterocycles. The molecule has 0 rings (SSSR count). The van der Waals surface area contributed by atoms with Crippen LogP contribution in [0.2, 0.25) is 0 Å². The Labute approximate surface area is 137 Å². The Morgan fingerprint density at radius 2 is 0.591 bits per heavy atom. The molecule has 0 unspecified atom stereocenters. The zero-order valence-corrected chi connectivity index (χ0v) is 16.7. The molecule has 0 radical (unpaired) electrons. The molecule has 0 aromatic heterocycles. The molecule has 0 aromatic rings. The highest BCUT2D eigenvalue weighted by molar-refractivity contribution is 6.35. The van der Waals surface area contributed by atoms with Crippen LogP contribution < -0.4 is 0 Å². The van der Waals surface area contributed by atoms with Crippen molar-refractivity contribution in [2.24, 2.45) is 0 Å². The van der Waals surface area contributed by atoms with Crippen LogP contribution in [0.4, 0.5) is 0 Å². The van der Waals surface area contributed by atoms with E-state index in [1.54, 1.807) is 9.80 Å². The van der Waals surface area contributed by atoms with Gasteiger partial charge >= 0.3 is 11.8 Å². The van der Waals surface area contributed by atoms with Gasteiger partial charge in [-0.1, -0.05) is 0 Å². The van der Waals surface area contributed by atoms with E-state index in [-0.39, 0.29) is 0 Å². The fraction of sp³-hybridized carbons (Fsp3) is 0.889. The summed E-state index contributed by atoms with van der Waals surface area (Å²) in [7, 11) is 0. The fourth-order valence-corrected chi connectivity index (χ4v) is 3.42. The van der Waals surface area contributed by atoms with Gasteiger partial charge in [-0.3, -0.25) is 9.59 Å². The molecule has 0 saturated heterocycles. The van der Waals surface area contributed by atoms with Crippen LogP contribution in [0.1, 0.15) is 83.1 Å². The average molecular weight is 312 g/mol. The second-order valence-electron chi connectivity index (χ2n) is 9.96. The summed E-state index contributed by atoms with van der Waals surface area (Å²) >= 11 is 0. The highest BCUT2D eigenvalue weighted by Crippen LogP contribution is 2.29. The van der Waals surface area contributed by atoms with Crippen molar-refractivity contribution in [2.45, 2.75) is 105 Å². The topological polar surface area (TPSA) is 40.6 Å². The molecule has 4 nitrogen and oxygen atoms in total. The van der Waals surface area contributed by atoms with Gasteiger partial charge in [-0.15, -0.1) is 0 Å². The van der Waals surface area contributed by atoms with Crippen molar-refractivity contribution in [2.75, 3.05) is 0 Å². The zero-order chi connectivity index (χ0) is 18.3. The lowest BCUT2D eigenvalue weighted by Crippen LogP contribution is -2.64. The first kappa shape index (κ1) is 20.9. The Kier molecular flexibility index (Phi) is 5.58. The number of nitrogens with zero attached hydrogens (tertiary/aromatic N) is 2. The minimum atomic E-state index is -0.440. The van der Waals surface area contributed by atoms with Gasteiger partial charge in [0.25, 0.3) is 0 Å². The monoisotopic (exact) mass is 312 g/mol. The van der Waals surface area contributed by atoms with Crippen molar-refractivity contribution >= 4 is 11.8 Å². The van der Waals surface area contributed by atoms with Gasteiger partial charge in [-0.2, -0.15) is 0 Å². The van der Waals surface area contributed by atoms with Crippen molar-refractivity contribution in [1.29, 1.82) is 0 Å². The van der Waals surface area contributed by atoms with Crippen molar-refractivity contribution in [3.8, 4) is 0 Å². The van der Waals surface area contributed by atoms with E-state index in [1.165, 1.54) is 0 Å². The Hall–Kier alpha value is -1.06. The number of rotatable bonds is 0. The SMILES string of the molecule is CC(C)(C)N(C(=O)C(=O)N(C(C)(C)C)C(C)(C)C)C(C)(C)C. The molecule has 0 N–H and O–H groups in total. The maximum absolute atomic E-state index is 13.0.